The molecule has 0 spiro atoms. The Labute approximate surface area is 206 Å². The van der Waals surface area contributed by atoms with Crippen LogP contribution in [0.4, 0.5) is 16.6 Å². The average molecular weight is 492 g/mol. The third kappa shape index (κ3) is 5.49. The first-order valence-corrected chi connectivity index (χ1v) is 12.2. The van der Waals surface area contributed by atoms with E-state index in [1.54, 1.807) is 24.5 Å². The molecule has 5 heterocycles. The summed E-state index contributed by atoms with van der Waals surface area (Å²) in [7, 11) is 0. The van der Waals surface area contributed by atoms with Gasteiger partial charge in [0.2, 0.25) is 5.95 Å². The van der Waals surface area contributed by atoms with E-state index in [1.807, 2.05) is 18.2 Å². The quantitative estimate of drug-likeness (QED) is 0.361. The van der Waals surface area contributed by atoms with E-state index >= 15 is 0 Å². The van der Waals surface area contributed by atoms with Crippen LogP contribution in [0.3, 0.4) is 0 Å². The summed E-state index contributed by atoms with van der Waals surface area (Å²) < 4.78 is 0. The van der Waals surface area contributed by atoms with Crippen LogP contribution in [0, 0.1) is 5.92 Å². The molecule has 5 N–H and O–H groups in total. The van der Waals surface area contributed by atoms with Crippen molar-refractivity contribution in [3.05, 3.63) is 52.8 Å². The molecule has 5 rings (SSSR count). The second-order valence-corrected chi connectivity index (χ2v) is 9.42. The first kappa shape index (κ1) is 23.0. The average Bonchev–Trinajstić information content (AvgIpc) is 3.50. The Morgan fingerprint density at radius 1 is 1.14 bits per heavy atom. The topological polar surface area (TPSA) is 155 Å². The van der Waals surface area contributed by atoms with Crippen LogP contribution in [0.15, 0.2) is 41.6 Å². The molecule has 0 saturated carbocycles. The lowest BCUT2D eigenvalue weighted by Crippen LogP contribution is -2.38. The Bertz CT molecular complexity index is 1250. The highest BCUT2D eigenvalue weighted by Gasteiger charge is 2.26. The first-order chi connectivity index (χ1) is 17.0. The van der Waals surface area contributed by atoms with E-state index in [-0.39, 0.29) is 11.1 Å². The third-order valence-corrected chi connectivity index (χ3v) is 6.80. The molecule has 35 heavy (non-hydrogen) atoms. The summed E-state index contributed by atoms with van der Waals surface area (Å²) in [6.45, 7) is 3.29. The second kappa shape index (κ2) is 10.2. The van der Waals surface area contributed by atoms with Crippen molar-refractivity contribution in [2.75, 3.05) is 30.3 Å². The van der Waals surface area contributed by atoms with Crippen LogP contribution in [-0.2, 0) is 11.3 Å². The summed E-state index contributed by atoms with van der Waals surface area (Å²) in [5.41, 5.74) is 9.22. The molecule has 0 aliphatic carbocycles. The number of rotatable bonds is 7. The molecule has 3 aromatic rings. The molecule has 2 aliphatic rings. The lowest BCUT2D eigenvalue weighted by Gasteiger charge is -2.32. The molecule has 2 amide bonds. The molecule has 0 bridgehead atoms. The predicted molar refractivity (Wildman–Crippen MR) is 134 cm³/mol. The van der Waals surface area contributed by atoms with E-state index in [4.69, 9.17) is 5.73 Å². The van der Waals surface area contributed by atoms with Gasteiger partial charge in [0.05, 0.1) is 22.0 Å². The Morgan fingerprint density at radius 3 is 2.74 bits per heavy atom. The highest BCUT2D eigenvalue weighted by molar-refractivity contribution is 8.18. The zero-order chi connectivity index (χ0) is 24.2. The van der Waals surface area contributed by atoms with Gasteiger partial charge in [-0.05, 0) is 66.9 Å². The number of aromatic amines is 1. The fraction of sp³-hybridized carbons (Fsp3) is 0.304. The van der Waals surface area contributed by atoms with Crippen molar-refractivity contribution >= 4 is 40.8 Å². The Balaban J connectivity index is 1.14. The van der Waals surface area contributed by atoms with Crippen molar-refractivity contribution in [3.63, 3.8) is 0 Å². The zero-order valence-corrected chi connectivity index (χ0v) is 19.7. The van der Waals surface area contributed by atoms with E-state index < -0.39 is 0 Å². The number of imide groups is 1. The van der Waals surface area contributed by atoms with Gasteiger partial charge in [-0.25, -0.2) is 15.0 Å². The number of carbonyl (C=O) groups is 2. The number of hydrogen-bond donors (Lipinski definition) is 4. The molecule has 12 heteroatoms. The number of aromatic nitrogens is 5. The number of H-pyrrole nitrogens is 1. The molecule has 0 atom stereocenters. The second-order valence-electron chi connectivity index (χ2n) is 8.41. The number of amides is 2. The minimum absolute atomic E-state index is 0.344. The maximum absolute atomic E-state index is 11.8. The van der Waals surface area contributed by atoms with Gasteiger partial charge in [0.1, 0.15) is 5.82 Å². The number of nitrogen functional groups attached to an aromatic ring is 1. The fourth-order valence-electron chi connectivity index (χ4n) is 4.16. The van der Waals surface area contributed by atoms with Crippen molar-refractivity contribution < 1.29 is 9.59 Å². The van der Waals surface area contributed by atoms with Crippen molar-refractivity contribution in [2.45, 2.75) is 19.4 Å². The van der Waals surface area contributed by atoms with Crippen molar-refractivity contribution in [1.82, 2.24) is 35.8 Å². The Kier molecular flexibility index (Phi) is 6.73. The van der Waals surface area contributed by atoms with E-state index in [0.29, 0.717) is 34.8 Å². The number of pyridine rings is 1. The maximum Gasteiger partial charge on any atom is 0.290 e. The number of nitrogens with zero attached hydrogens (tertiary/aromatic N) is 5. The van der Waals surface area contributed by atoms with Gasteiger partial charge in [-0.3, -0.25) is 20.0 Å². The summed E-state index contributed by atoms with van der Waals surface area (Å²) in [4.78, 5) is 39.1. The van der Waals surface area contributed by atoms with Crippen LogP contribution in [0.5, 0.6) is 0 Å². The SMILES string of the molecule is Nc1ccc(CNCC2CCN(c3nccc(C=C4SC(=O)NC4=O)n3)CC2)c(-c2ccn[nH]2)n1. The summed E-state index contributed by atoms with van der Waals surface area (Å²) in [6, 6.07) is 7.43. The molecular weight excluding hydrogens is 466 g/mol. The number of carbonyl (C=O) groups excluding carboxylic acids is 2. The van der Waals surface area contributed by atoms with Gasteiger partial charge in [0.25, 0.3) is 11.1 Å². The number of nitrogens with one attached hydrogen (secondary N) is 3. The highest BCUT2D eigenvalue weighted by Crippen LogP contribution is 2.26. The molecule has 3 aromatic heterocycles. The minimum Gasteiger partial charge on any atom is -0.384 e. The lowest BCUT2D eigenvalue weighted by molar-refractivity contribution is -0.115. The monoisotopic (exact) mass is 491 g/mol. The molecule has 0 unspecified atom stereocenters. The van der Waals surface area contributed by atoms with E-state index in [1.165, 1.54) is 0 Å². The number of hydrogen-bond acceptors (Lipinski definition) is 10. The smallest absolute Gasteiger partial charge is 0.290 e. The van der Waals surface area contributed by atoms with Crippen LogP contribution in [0.25, 0.3) is 17.5 Å². The zero-order valence-electron chi connectivity index (χ0n) is 18.9. The van der Waals surface area contributed by atoms with Gasteiger partial charge in [0.15, 0.2) is 0 Å². The number of thioether (sulfide) groups is 1. The van der Waals surface area contributed by atoms with Gasteiger partial charge in [-0.2, -0.15) is 5.10 Å². The van der Waals surface area contributed by atoms with E-state index in [9.17, 15) is 9.59 Å². The van der Waals surface area contributed by atoms with Crippen LogP contribution < -0.4 is 21.3 Å². The first-order valence-electron chi connectivity index (χ1n) is 11.3. The van der Waals surface area contributed by atoms with Gasteiger partial charge < -0.3 is 16.0 Å². The molecule has 2 fully saturated rings. The number of nitrogens with two attached hydrogens (primary N) is 1. The van der Waals surface area contributed by atoms with Crippen LogP contribution in [0.1, 0.15) is 24.1 Å². The Hall–Kier alpha value is -3.77. The van der Waals surface area contributed by atoms with E-state index in [2.05, 4.69) is 40.7 Å². The minimum atomic E-state index is -0.389. The normalized spacial score (nSPS) is 17.8. The van der Waals surface area contributed by atoms with Crippen molar-refractivity contribution in [2.24, 2.45) is 5.92 Å². The van der Waals surface area contributed by atoms with Gasteiger partial charge >= 0.3 is 0 Å². The summed E-state index contributed by atoms with van der Waals surface area (Å²) in [6.07, 6.45) is 7.03. The summed E-state index contributed by atoms with van der Waals surface area (Å²) in [5.74, 6) is 1.27. The summed E-state index contributed by atoms with van der Waals surface area (Å²) in [5, 5.41) is 12.4. The Morgan fingerprint density at radius 2 is 2.00 bits per heavy atom. The molecule has 180 valence electrons. The molecule has 11 nitrogen and oxygen atoms in total. The number of anilines is 2. The van der Waals surface area contributed by atoms with Gasteiger partial charge in [-0.15, -0.1) is 0 Å². The number of piperidine rings is 1. The van der Waals surface area contributed by atoms with Crippen molar-refractivity contribution in [3.8, 4) is 11.4 Å². The molecule has 0 aromatic carbocycles. The molecular formula is C23H25N9O2S. The maximum atomic E-state index is 11.8. The molecule has 0 radical (unpaired) electrons. The third-order valence-electron chi connectivity index (χ3n) is 5.99. The van der Waals surface area contributed by atoms with Crippen LogP contribution >= 0.6 is 11.8 Å². The van der Waals surface area contributed by atoms with Crippen molar-refractivity contribution in [1.29, 1.82) is 0 Å². The van der Waals surface area contributed by atoms with Gasteiger partial charge in [-0.1, -0.05) is 6.07 Å². The molecule has 2 aliphatic heterocycles. The van der Waals surface area contributed by atoms with E-state index in [0.717, 1.165) is 61.2 Å². The molecule has 2 saturated heterocycles. The van der Waals surface area contributed by atoms with Crippen LogP contribution in [0.2, 0.25) is 0 Å². The standard InChI is InChI=1S/C23H25N9O2S/c24-19-2-1-15(20(29-19)17-4-8-27-31-17)13-25-12-14-5-9-32(10-6-14)22-26-7-3-16(28-22)11-18-21(33)30-23(34)35-18/h1-4,7-8,11,14,25H,5-6,9-10,12-13H2,(H2,24,29)(H,27,31)(H,30,33,34). The van der Waals surface area contributed by atoms with Crippen LogP contribution in [-0.4, -0.2) is 55.9 Å². The predicted octanol–water partition coefficient (Wildman–Crippen LogP) is 2.17. The van der Waals surface area contributed by atoms with Gasteiger partial charge in [0, 0.05) is 32.0 Å². The fourth-order valence-corrected chi connectivity index (χ4v) is 4.83. The highest BCUT2D eigenvalue weighted by atomic mass is 32.2. The lowest BCUT2D eigenvalue weighted by atomic mass is 9.97. The largest absolute Gasteiger partial charge is 0.384 e. The summed E-state index contributed by atoms with van der Waals surface area (Å²) >= 11 is 0.882.